The van der Waals surface area contributed by atoms with E-state index in [1.807, 2.05) is 63.7 Å². The van der Waals surface area contributed by atoms with Crippen molar-refractivity contribution < 1.29 is 176 Å². The maximum Gasteiger partial charge on any atom is 0.528 e. The molecule has 1 aromatic rings. The molecule has 6 rings (SSSR count). The van der Waals surface area contributed by atoms with Crippen molar-refractivity contribution in [1.82, 2.24) is 0 Å². The average molecular weight is 2080 g/mol. The highest BCUT2D eigenvalue weighted by Crippen LogP contribution is 2.26. The van der Waals surface area contributed by atoms with Gasteiger partial charge in [0.05, 0.1) is 92.0 Å². The van der Waals surface area contributed by atoms with Gasteiger partial charge in [-0.1, -0.05) is 56.2 Å². The van der Waals surface area contributed by atoms with E-state index in [-0.39, 0.29) is 5.97 Å². The molecule has 5 unspecified atom stereocenters. The third kappa shape index (κ3) is 67.5. The summed E-state index contributed by atoms with van der Waals surface area (Å²) in [6.45, 7) is 40.8. The van der Waals surface area contributed by atoms with Crippen molar-refractivity contribution in [2.45, 2.75) is 151 Å². The number of epoxide rings is 5. The van der Waals surface area contributed by atoms with Crippen LogP contribution in [0.15, 0.2) is 80.7 Å². The summed E-state index contributed by atoms with van der Waals surface area (Å²) in [7, 11) is 16.6. The van der Waals surface area contributed by atoms with Crippen LogP contribution in [0.25, 0.3) is 6.08 Å². The molecule has 5 heterocycles. The first kappa shape index (κ1) is 136. The number of allylic oxidation sites excluding steroid dienone is 1. The molecule has 39 nitrogen and oxygen atoms in total. The van der Waals surface area contributed by atoms with Crippen molar-refractivity contribution >= 4 is 100 Å². The Morgan fingerprint density at radius 2 is 0.705 bits per heavy atom. The molecule has 0 saturated carbocycles. The number of hydrogen-bond donors (Lipinski definition) is 0. The molecule has 0 aliphatic carbocycles. The van der Waals surface area contributed by atoms with Crippen molar-refractivity contribution in [3.8, 4) is 0 Å². The molecule has 5 aliphatic rings. The van der Waals surface area contributed by atoms with Crippen molar-refractivity contribution in [3.05, 3.63) is 91.8 Å². The standard InChI is InChI=1S/C14H22O4Si.C12H26O5Si.C9H20O5Si.C9H20O4Si.C8H18O5Si.C8H16O4Si.C7H16O3Si.C6H14O4Si.C5H12O3Si.C5H12O2Si/c1-5-13-6-8-14(9-7-13)12-18-10-11-19(15-2,16-3)17-4;1-4-15-18(16-5-2,17-6-3)9-7-8-13-10-12-11-14-12;1-10-15(11-2,12-3)6-4-5-13-7-9-8-14-9;1-10-14(3,11-2)6-4-5-12-7-9-8-13-9;1-9-14(10-2,11-3)5-4-12-6-8-7-13-8;1-4-8(9)12-6-5-7-13(10-2)11-3;1-5-6-7-11(8-2,9-3)10-4;1-7-11(8-2,9-3)5-6-4-10-6;1-5-9(6-2,7-3)8-4;1-5-8(4,6-2)7-3/h5-9H,1,10-12H2,2-4H3;12H,4-11H2,1-3H3;9H,4-8H2,1-3H3;9H,4-8H2,1-3H3;8H,4-7H2,1-3H3;4,13H,1,5-7H2,2-3H3;5H,1,6-7H2,2-4H3;6H,4-5H2,1-3H3;5H,1H2,2-4H3;5H,1H2,2-4H3. The molecule has 0 spiro atoms. The fourth-order valence-electron chi connectivity index (χ4n) is 10.4. The second-order valence-electron chi connectivity index (χ2n) is 28.4. The number of carbonyl (C=O) groups is 1. The number of hydrogen-bond acceptors (Lipinski definition) is 39. The highest BCUT2D eigenvalue weighted by atomic mass is 28.4. The Morgan fingerprint density at radius 1 is 0.371 bits per heavy atom. The lowest BCUT2D eigenvalue weighted by Gasteiger charge is -2.28. The van der Waals surface area contributed by atoms with Gasteiger partial charge in [0, 0.05) is 253 Å². The largest absolute Gasteiger partial charge is 0.528 e. The zero-order valence-electron chi connectivity index (χ0n) is 85.7. The van der Waals surface area contributed by atoms with E-state index in [9.17, 15) is 4.79 Å². The third-order valence-corrected chi connectivity index (χ3v) is 46.3. The van der Waals surface area contributed by atoms with Gasteiger partial charge < -0.3 is 172 Å². The monoisotopic (exact) mass is 2080 g/mol. The molecule has 132 heavy (non-hydrogen) atoms. The van der Waals surface area contributed by atoms with Gasteiger partial charge in [-0.15, -0.1) is 13.2 Å². The Hall–Kier alpha value is -1.92. The molecule has 5 atom stereocenters. The molecule has 782 valence electrons. The van der Waals surface area contributed by atoms with Crippen molar-refractivity contribution in [3.63, 3.8) is 0 Å². The van der Waals surface area contributed by atoms with E-state index in [1.54, 1.807) is 182 Å². The van der Waals surface area contributed by atoms with Crippen LogP contribution < -0.4 is 0 Å². The number of benzene rings is 1. The molecule has 0 aromatic heterocycles. The van der Waals surface area contributed by atoms with E-state index in [0.29, 0.717) is 122 Å². The van der Waals surface area contributed by atoms with E-state index < -0.39 is 88.0 Å². The van der Waals surface area contributed by atoms with Crippen LogP contribution in [0.3, 0.4) is 0 Å². The summed E-state index contributed by atoms with van der Waals surface area (Å²) in [4.78, 5) is 10.6. The van der Waals surface area contributed by atoms with Gasteiger partial charge in [0.25, 0.3) is 0 Å². The smallest absolute Gasteiger partial charge is 0.463 e. The predicted molar refractivity (Wildman–Crippen MR) is 525 cm³/mol. The molecule has 49 heteroatoms. The molecular weight excluding hydrogens is 1900 g/mol. The number of rotatable bonds is 71. The molecule has 0 N–H and O–H groups in total. The van der Waals surface area contributed by atoms with Gasteiger partial charge in [-0.05, 0) is 101 Å². The van der Waals surface area contributed by atoms with Crippen LogP contribution in [0.1, 0.15) is 64.0 Å². The van der Waals surface area contributed by atoms with Gasteiger partial charge in [0.1, 0.15) is 24.4 Å². The average Bonchev–Trinajstić information content (AvgIpc) is 1.74. The Labute approximate surface area is 804 Å². The summed E-state index contributed by atoms with van der Waals surface area (Å²) < 4.78 is 199. The van der Waals surface area contributed by atoms with Gasteiger partial charge in [-0.2, -0.15) is 0 Å². The molecule has 1 aromatic carbocycles. The first-order valence-electron chi connectivity index (χ1n) is 43.8. The Bertz CT molecular complexity index is 2760. The molecular formula is C83H176O39Si10. The van der Waals surface area contributed by atoms with Crippen molar-refractivity contribution in [2.75, 3.05) is 290 Å². The van der Waals surface area contributed by atoms with Crippen LogP contribution in [0.4, 0.5) is 0 Å². The number of ether oxygens (including phenoxy) is 11. The summed E-state index contributed by atoms with van der Waals surface area (Å²) in [6.07, 6.45) is 10.9. The first-order valence-corrected chi connectivity index (χ1v) is 63.9. The summed E-state index contributed by atoms with van der Waals surface area (Å²) >= 11 is 0. The molecule has 5 aliphatic heterocycles. The highest BCUT2D eigenvalue weighted by Gasteiger charge is 2.46. The Kier molecular flexibility index (Phi) is 87.5. The lowest BCUT2D eigenvalue weighted by Crippen LogP contribution is -2.46. The summed E-state index contributed by atoms with van der Waals surface area (Å²) in [5, 5.41) is 0. The van der Waals surface area contributed by atoms with Crippen LogP contribution in [-0.2, 0) is 183 Å². The van der Waals surface area contributed by atoms with Gasteiger partial charge in [-0.3, -0.25) is 0 Å². The zero-order chi connectivity index (χ0) is 101. The molecule has 0 radical (unpaired) electrons. The lowest BCUT2D eigenvalue weighted by molar-refractivity contribution is -0.137. The Balaban J connectivity index is -0.000000696. The van der Waals surface area contributed by atoms with Gasteiger partial charge >= 0.3 is 94.0 Å². The van der Waals surface area contributed by atoms with Gasteiger partial charge in [0.15, 0.2) is 0 Å². The van der Waals surface area contributed by atoms with Crippen molar-refractivity contribution in [2.24, 2.45) is 0 Å². The topological polar surface area (TPSA) is 384 Å². The molecule has 5 saturated heterocycles. The van der Waals surface area contributed by atoms with E-state index in [1.165, 1.54) is 0 Å². The Morgan fingerprint density at radius 3 is 0.977 bits per heavy atom. The summed E-state index contributed by atoms with van der Waals surface area (Å²) in [5.74, 6) is -0.381. The second kappa shape index (κ2) is 84.7. The van der Waals surface area contributed by atoms with Gasteiger partial charge in [-0.25, -0.2) is 4.79 Å². The van der Waals surface area contributed by atoms with E-state index in [4.69, 9.17) is 172 Å². The van der Waals surface area contributed by atoms with Crippen LogP contribution in [0.2, 0.25) is 61.4 Å². The van der Waals surface area contributed by atoms with Gasteiger partial charge in [0.2, 0.25) is 0 Å². The lowest BCUT2D eigenvalue weighted by atomic mass is 10.1. The fourth-order valence-corrected chi connectivity index (χ4v) is 25.2. The van der Waals surface area contributed by atoms with Crippen LogP contribution in [-0.4, -0.2) is 414 Å². The maximum atomic E-state index is 10.6. The quantitative estimate of drug-likeness (QED) is 0.0146. The maximum absolute atomic E-state index is 10.6. The summed E-state index contributed by atoms with van der Waals surface area (Å²) in [5.41, 5.74) is 5.55. The van der Waals surface area contributed by atoms with E-state index >= 15 is 0 Å². The fraction of sp³-hybridized carbons (Fsp3) is 0.795. The predicted octanol–water partition coefficient (Wildman–Crippen LogP) is 10.7. The number of carbonyl (C=O) groups excluding carboxylic acids is 1. The summed E-state index contributed by atoms with van der Waals surface area (Å²) in [6, 6.07) is 14.4. The minimum Gasteiger partial charge on any atom is -0.463 e. The second-order valence-corrected chi connectivity index (χ2v) is 58.5. The SMILES string of the molecule is C=CC(=O)OCCC[SiH](OC)OC.C=CCC[Si](OC)(OC)OC.C=C[Si](C)(OC)OC.C=C[Si](OC)(OC)OC.C=Cc1ccc(COCC[Si](OC)(OC)OC)cc1.CCO[Si](CCCOCC1CO1)(OCC)OCC.CO[Si](C)(CCCOCC1CO1)OC.CO[Si](CC1CO1)(OC)OC.CO[Si](CCCOCC1CO1)(OC)OC.CO[Si](CCOCC1CO1)(OC)OC. The first-order chi connectivity index (χ1) is 63.3. The van der Waals surface area contributed by atoms with Crippen LogP contribution in [0.5, 0.6) is 0 Å². The normalized spacial score (nSPS) is 16.5. The van der Waals surface area contributed by atoms with Crippen LogP contribution in [0, 0.1) is 0 Å². The highest BCUT2D eigenvalue weighted by molar-refractivity contribution is 6.71. The van der Waals surface area contributed by atoms with Crippen molar-refractivity contribution in [1.29, 1.82) is 0 Å². The molecule has 0 bridgehead atoms. The van der Waals surface area contributed by atoms with E-state index in [2.05, 4.69) is 39.4 Å². The third-order valence-electron chi connectivity index (χ3n) is 19.8. The zero-order valence-corrected chi connectivity index (χ0v) is 95.9. The minimum atomic E-state index is -2.51. The van der Waals surface area contributed by atoms with E-state index in [0.717, 1.165) is 132 Å². The molecule has 5 fully saturated rings. The number of esters is 1. The minimum absolute atomic E-state index is 0.293. The molecule has 0 amide bonds. The van der Waals surface area contributed by atoms with Crippen LogP contribution >= 0.6 is 0 Å².